The van der Waals surface area contributed by atoms with E-state index in [-0.39, 0.29) is 6.42 Å². The van der Waals surface area contributed by atoms with Crippen molar-refractivity contribution in [3.8, 4) is 11.1 Å². The third-order valence-electron chi connectivity index (χ3n) is 4.69. The van der Waals surface area contributed by atoms with Gasteiger partial charge in [0.25, 0.3) is 0 Å². The normalized spacial score (nSPS) is 16.4. The molecule has 3 aromatic rings. The van der Waals surface area contributed by atoms with Crippen LogP contribution in [0.5, 0.6) is 0 Å². The molecule has 1 aliphatic heterocycles. The van der Waals surface area contributed by atoms with Crippen LogP contribution in [0.25, 0.3) is 17.2 Å². The van der Waals surface area contributed by atoms with Crippen molar-refractivity contribution >= 4 is 11.8 Å². The van der Waals surface area contributed by atoms with E-state index in [4.69, 9.17) is 5.73 Å². The number of aliphatic hydroxyl groups excluding tert-OH is 1. The number of aromatic nitrogens is 1. The summed E-state index contributed by atoms with van der Waals surface area (Å²) in [5.74, 6) is -1.26. The Bertz CT molecular complexity index is 1030. The van der Waals surface area contributed by atoms with Gasteiger partial charge in [-0.05, 0) is 53.5 Å². The number of benzene rings is 2. The molecule has 1 aliphatic rings. The molecule has 2 heterocycles. The molecule has 0 bridgehead atoms. The van der Waals surface area contributed by atoms with Crippen LogP contribution in [0.2, 0.25) is 0 Å². The fourth-order valence-electron chi connectivity index (χ4n) is 3.43. The SMILES string of the molecule is N[C@@H](Cc1cc(F)cc(F)c1)c1ncccc1-c1ccc2c(c1)NC(O)C=C2. The van der Waals surface area contributed by atoms with Crippen molar-refractivity contribution < 1.29 is 13.9 Å². The topological polar surface area (TPSA) is 71.2 Å². The molecule has 142 valence electrons. The summed E-state index contributed by atoms with van der Waals surface area (Å²) in [5, 5.41) is 12.8. The van der Waals surface area contributed by atoms with Crippen LogP contribution in [0.3, 0.4) is 0 Å². The Labute approximate surface area is 161 Å². The minimum absolute atomic E-state index is 0.253. The van der Waals surface area contributed by atoms with Crippen molar-refractivity contribution in [3.05, 3.63) is 89.3 Å². The Morgan fingerprint density at radius 2 is 1.89 bits per heavy atom. The van der Waals surface area contributed by atoms with Crippen LogP contribution < -0.4 is 11.1 Å². The summed E-state index contributed by atoms with van der Waals surface area (Å²) in [6.07, 6.45) is 4.69. The largest absolute Gasteiger partial charge is 0.370 e. The molecule has 0 radical (unpaired) electrons. The zero-order valence-corrected chi connectivity index (χ0v) is 14.9. The zero-order valence-electron chi connectivity index (χ0n) is 14.9. The van der Waals surface area contributed by atoms with E-state index in [2.05, 4.69) is 10.3 Å². The molecule has 1 aromatic heterocycles. The number of pyridine rings is 1. The average molecular weight is 379 g/mol. The molecule has 4 rings (SSSR count). The van der Waals surface area contributed by atoms with E-state index < -0.39 is 23.9 Å². The highest BCUT2D eigenvalue weighted by atomic mass is 19.1. The van der Waals surface area contributed by atoms with Crippen LogP contribution >= 0.6 is 0 Å². The van der Waals surface area contributed by atoms with Crippen molar-refractivity contribution in [3.63, 3.8) is 0 Å². The van der Waals surface area contributed by atoms with E-state index in [0.717, 1.165) is 28.4 Å². The Balaban J connectivity index is 1.67. The molecule has 4 N–H and O–H groups in total. The molecule has 4 nitrogen and oxygen atoms in total. The second kappa shape index (κ2) is 7.50. The van der Waals surface area contributed by atoms with Gasteiger partial charge in [-0.3, -0.25) is 4.98 Å². The van der Waals surface area contributed by atoms with Crippen molar-refractivity contribution in [2.24, 2.45) is 5.73 Å². The first kappa shape index (κ1) is 18.3. The second-order valence-electron chi connectivity index (χ2n) is 6.77. The molecular weight excluding hydrogens is 360 g/mol. The van der Waals surface area contributed by atoms with Crippen molar-refractivity contribution in [1.82, 2.24) is 4.98 Å². The van der Waals surface area contributed by atoms with Gasteiger partial charge in [0.15, 0.2) is 0 Å². The standard InChI is InChI=1S/C22H19F2N3O/c23-16-8-13(9-17(24)12-16)10-19(25)22-18(2-1-7-26-22)15-4-3-14-5-6-21(28)27-20(14)11-15/h1-9,11-12,19,21,27-28H,10,25H2/t19-,21?/m0/s1. The predicted molar refractivity (Wildman–Crippen MR) is 105 cm³/mol. The molecule has 28 heavy (non-hydrogen) atoms. The van der Waals surface area contributed by atoms with E-state index in [1.165, 1.54) is 12.1 Å². The van der Waals surface area contributed by atoms with Gasteiger partial charge in [-0.25, -0.2) is 8.78 Å². The van der Waals surface area contributed by atoms with Crippen LogP contribution in [0.1, 0.15) is 22.9 Å². The molecule has 2 atom stereocenters. The number of nitrogens with two attached hydrogens (primary N) is 1. The van der Waals surface area contributed by atoms with Gasteiger partial charge in [-0.2, -0.15) is 0 Å². The average Bonchev–Trinajstić information content (AvgIpc) is 2.66. The van der Waals surface area contributed by atoms with Crippen molar-refractivity contribution in [2.75, 3.05) is 5.32 Å². The molecule has 0 spiro atoms. The first-order valence-corrected chi connectivity index (χ1v) is 8.92. The molecule has 0 saturated carbocycles. The Hall–Kier alpha value is -3.09. The van der Waals surface area contributed by atoms with E-state index >= 15 is 0 Å². The van der Waals surface area contributed by atoms with Gasteiger partial charge in [-0.15, -0.1) is 0 Å². The lowest BCUT2D eigenvalue weighted by atomic mass is 9.94. The molecule has 6 heteroatoms. The summed E-state index contributed by atoms with van der Waals surface area (Å²) >= 11 is 0. The second-order valence-corrected chi connectivity index (χ2v) is 6.77. The monoisotopic (exact) mass is 379 g/mol. The van der Waals surface area contributed by atoms with Gasteiger partial charge in [0.05, 0.1) is 11.7 Å². The highest BCUT2D eigenvalue weighted by Crippen LogP contribution is 2.32. The van der Waals surface area contributed by atoms with E-state index in [0.29, 0.717) is 11.3 Å². The highest BCUT2D eigenvalue weighted by molar-refractivity contribution is 5.78. The number of aliphatic hydroxyl groups is 1. The smallest absolute Gasteiger partial charge is 0.144 e. The summed E-state index contributed by atoms with van der Waals surface area (Å²) in [5.41, 5.74) is 11.0. The minimum Gasteiger partial charge on any atom is -0.370 e. The van der Waals surface area contributed by atoms with Crippen LogP contribution in [-0.4, -0.2) is 16.3 Å². The summed E-state index contributed by atoms with van der Waals surface area (Å²) < 4.78 is 27.0. The fraction of sp³-hybridized carbons (Fsp3) is 0.136. The van der Waals surface area contributed by atoms with Crippen LogP contribution in [-0.2, 0) is 6.42 Å². The number of nitrogens with zero attached hydrogens (tertiary/aromatic N) is 1. The van der Waals surface area contributed by atoms with Crippen LogP contribution in [0.4, 0.5) is 14.5 Å². The van der Waals surface area contributed by atoms with Gasteiger partial charge < -0.3 is 16.2 Å². The molecule has 0 fully saturated rings. The lowest BCUT2D eigenvalue weighted by molar-refractivity contribution is 0.252. The number of hydrogen-bond donors (Lipinski definition) is 3. The number of halogens is 2. The maximum atomic E-state index is 13.5. The third kappa shape index (κ3) is 3.78. The summed E-state index contributed by atoms with van der Waals surface area (Å²) in [6.45, 7) is 0. The summed E-state index contributed by atoms with van der Waals surface area (Å²) in [7, 11) is 0. The van der Waals surface area contributed by atoms with E-state index in [1.54, 1.807) is 12.3 Å². The molecule has 0 aliphatic carbocycles. The van der Waals surface area contributed by atoms with Crippen molar-refractivity contribution in [2.45, 2.75) is 18.7 Å². The summed E-state index contributed by atoms with van der Waals surface area (Å²) in [4.78, 5) is 4.43. The number of anilines is 1. The Morgan fingerprint density at radius 1 is 1.11 bits per heavy atom. The van der Waals surface area contributed by atoms with Gasteiger partial charge in [-0.1, -0.05) is 24.3 Å². The van der Waals surface area contributed by atoms with Gasteiger partial charge in [0, 0.05) is 23.5 Å². The van der Waals surface area contributed by atoms with Gasteiger partial charge in [0.2, 0.25) is 0 Å². The fourth-order valence-corrected chi connectivity index (χ4v) is 3.43. The number of rotatable bonds is 4. The number of nitrogens with one attached hydrogen (secondary N) is 1. The first-order chi connectivity index (χ1) is 13.5. The highest BCUT2D eigenvalue weighted by Gasteiger charge is 2.17. The molecule has 0 saturated heterocycles. The Kier molecular flexibility index (Phi) is 4.90. The maximum absolute atomic E-state index is 13.5. The molecule has 1 unspecified atom stereocenters. The third-order valence-corrected chi connectivity index (χ3v) is 4.69. The minimum atomic E-state index is -0.735. The Morgan fingerprint density at radius 3 is 2.68 bits per heavy atom. The first-order valence-electron chi connectivity index (χ1n) is 8.92. The van der Waals surface area contributed by atoms with Crippen LogP contribution in [0.15, 0.2) is 60.8 Å². The molecule has 2 aromatic carbocycles. The van der Waals surface area contributed by atoms with Crippen LogP contribution in [0, 0.1) is 11.6 Å². The lowest BCUT2D eigenvalue weighted by Crippen LogP contribution is -2.19. The number of fused-ring (bicyclic) bond motifs is 1. The van der Waals surface area contributed by atoms with E-state index in [9.17, 15) is 13.9 Å². The van der Waals surface area contributed by atoms with E-state index in [1.807, 2.05) is 36.4 Å². The summed E-state index contributed by atoms with van der Waals surface area (Å²) in [6, 6.07) is 12.4. The predicted octanol–water partition coefficient (Wildman–Crippen LogP) is 4.03. The number of hydrogen-bond acceptors (Lipinski definition) is 4. The van der Waals surface area contributed by atoms with Crippen molar-refractivity contribution in [1.29, 1.82) is 0 Å². The maximum Gasteiger partial charge on any atom is 0.144 e. The quantitative estimate of drug-likeness (QED) is 0.640. The molecular formula is C22H19F2N3O. The zero-order chi connectivity index (χ0) is 19.7. The molecule has 0 amide bonds. The lowest BCUT2D eigenvalue weighted by Gasteiger charge is -2.20. The van der Waals surface area contributed by atoms with Gasteiger partial charge >= 0.3 is 0 Å². The van der Waals surface area contributed by atoms with Gasteiger partial charge in [0.1, 0.15) is 17.9 Å².